The van der Waals surface area contributed by atoms with Crippen molar-refractivity contribution in [1.29, 1.82) is 0 Å². The third-order valence-electron chi connectivity index (χ3n) is 5.83. The number of nitrogens with one attached hydrogen (secondary N) is 1. The number of fused-ring (bicyclic) bond motifs is 1. The SMILES string of the molecule is COc1cc(C(=O)N2c3ccccc3[C@H](Nc3ccccc3)C[C@@H]2C)cc(OC)c1OC. The van der Waals surface area contributed by atoms with Crippen LogP contribution < -0.4 is 24.4 Å². The number of methoxy groups -OCH3 is 3. The molecule has 0 aliphatic carbocycles. The fourth-order valence-corrected chi connectivity index (χ4v) is 4.34. The van der Waals surface area contributed by atoms with Crippen LogP contribution in [-0.4, -0.2) is 33.3 Å². The van der Waals surface area contributed by atoms with Crippen LogP contribution in [0.1, 0.15) is 35.3 Å². The van der Waals surface area contributed by atoms with Crippen molar-refractivity contribution >= 4 is 17.3 Å². The van der Waals surface area contributed by atoms with E-state index in [4.69, 9.17) is 14.2 Å². The molecule has 0 saturated carbocycles. The van der Waals surface area contributed by atoms with Gasteiger partial charge in [0.25, 0.3) is 5.91 Å². The van der Waals surface area contributed by atoms with Crippen molar-refractivity contribution < 1.29 is 19.0 Å². The Morgan fingerprint density at radius 3 is 2.16 bits per heavy atom. The smallest absolute Gasteiger partial charge is 0.258 e. The summed E-state index contributed by atoms with van der Waals surface area (Å²) in [6.45, 7) is 2.07. The van der Waals surface area contributed by atoms with E-state index in [9.17, 15) is 4.79 Å². The van der Waals surface area contributed by atoms with E-state index in [2.05, 4.69) is 30.4 Å². The van der Waals surface area contributed by atoms with Crippen LogP contribution in [0, 0.1) is 0 Å². The zero-order chi connectivity index (χ0) is 22.7. The molecule has 6 heteroatoms. The van der Waals surface area contributed by atoms with Crippen LogP contribution in [-0.2, 0) is 0 Å². The molecule has 0 bridgehead atoms. The molecule has 4 rings (SSSR count). The minimum Gasteiger partial charge on any atom is -0.493 e. The maximum Gasteiger partial charge on any atom is 0.258 e. The molecule has 0 aromatic heterocycles. The van der Waals surface area contributed by atoms with Gasteiger partial charge in [-0.2, -0.15) is 0 Å². The first-order valence-corrected chi connectivity index (χ1v) is 10.6. The normalized spacial score (nSPS) is 17.3. The highest BCUT2D eigenvalue weighted by Gasteiger charge is 2.34. The van der Waals surface area contributed by atoms with Crippen molar-refractivity contribution in [2.45, 2.75) is 25.4 Å². The Balaban J connectivity index is 1.72. The summed E-state index contributed by atoms with van der Waals surface area (Å²) in [5, 5.41) is 3.62. The van der Waals surface area contributed by atoms with Crippen molar-refractivity contribution in [3.05, 3.63) is 77.9 Å². The van der Waals surface area contributed by atoms with E-state index in [-0.39, 0.29) is 18.0 Å². The van der Waals surface area contributed by atoms with Gasteiger partial charge in [0.05, 0.1) is 27.4 Å². The molecule has 0 spiro atoms. The minimum atomic E-state index is -0.109. The van der Waals surface area contributed by atoms with E-state index in [1.807, 2.05) is 41.3 Å². The number of ether oxygens (including phenoxy) is 3. The summed E-state index contributed by atoms with van der Waals surface area (Å²) in [5.41, 5.74) is 3.54. The van der Waals surface area contributed by atoms with Crippen LogP contribution in [0.15, 0.2) is 66.7 Å². The second kappa shape index (κ2) is 9.22. The van der Waals surface area contributed by atoms with Gasteiger partial charge in [-0.15, -0.1) is 0 Å². The summed E-state index contributed by atoms with van der Waals surface area (Å²) in [6, 6.07) is 21.7. The van der Waals surface area contributed by atoms with Gasteiger partial charge in [-0.1, -0.05) is 36.4 Å². The quantitative estimate of drug-likeness (QED) is 0.572. The molecule has 3 aromatic carbocycles. The van der Waals surface area contributed by atoms with E-state index in [0.29, 0.717) is 22.8 Å². The van der Waals surface area contributed by atoms with Crippen molar-refractivity contribution in [3.63, 3.8) is 0 Å². The fraction of sp³-hybridized carbons (Fsp3) is 0.269. The number of carbonyl (C=O) groups is 1. The molecule has 1 amide bonds. The first-order valence-electron chi connectivity index (χ1n) is 10.6. The fourth-order valence-electron chi connectivity index (χ4n) is 4.34. The largest absolute Gasteiger partial charge is 0.493 e. The first kappa shape index (κ1) is 21.6. The molecule has 32 heavy (non-hydrogen) atoms. The van der Waals surface area contributed by atoms with E-state index in [0.717, 1.165) is 23.4 Å². The second-order valence-electron chi connectivity index (χ2n) is 7.80. The number of hydrogen-bond acceptors (Lipinski definition) is 5. The van der Waals surface area contributed by atoms with Crippen molar-refractivity contribution in [3.8, 4) is 17.2 Å². The zero-order valence-electron chi connectivity index (χ0n) is 18.8. The summed E-state index contributed by atoms with van der Waals surface area (Å²) in [4.78, 5) is 15.6. The summed E-state index contributed by atoms with van der Waals surface area (Å²) >= 11 is 0. The van der Waals surface area contributed by atoms with E-state index in [1.54, 1.807) is 33.5 Å². The molecule has 3 aromatic rings. The van der Waals surface area contributed by atoms with Gasteiger partial charge in [0.1, 0.15) is 0 Å². The number of rotatable bonds is 6. The van der Waals surface area contributed by atoms with Gasteiger partial charge in [-0.25, -0.2) is 0 Å². The second-order valence-corrected chi connectivity index (χ2v) is 7.80. The lowest BCUT2D eigenvalue weighted by molar-refractivity contribution is 0.0973. The molecule has 1 heterocycles. The average Bonchev–Trinajstić information content (AvgIpc) is 2.83. The number of carbonyl (C=O) groups excluding carboxylic acids is 1. The molecule has 1 N–H and O–H groups in total. The van der Waals surface area contributed by atoms with Gasteiger partial charge < -0.3 is 24.4 Å². The summed E-state index contributed by atoms with van der Waals surface area (Å²) in [7, 11) is 4.64. The van der Waals surface area contributed by atoms with E-state index in [1.165, 1.54) is 0 Å². The summed E-state index contributed by atoms with van der Waals surface area (Å²) < 4.78 is 16.3. The first-order chi connectivity index (χ1) is 15.6. The molecular weight excluding hydrogens is 404 g/mol. The van der Waals surface area contributed by atoms with Crippen molar-refractivity contribution in [2.24, 2.45) is 0 Å². The van der Waals surface area contributed by atoms with Crippen LogP contribution in [0.25, 0.3) is 0 Å². The van der Waals surface area contributed by atoms with Gasteiger partial charge >= 0.3 is 0 Å². The standard InChI is InChI=1S/C26H28N2O4/c1-17-14-21(27-19-10-6-5-7-11-19)20-12-8-9-13-22(20)28(17)26(29)18-15-23(30-2)25(32-4)24(16-18)31-3/h5-13,15-17,21,27H,14H2,1-4H3/t17-,21+/m0/s1. The van der Waals surface area contributed by atoms with Crippen LogP contribution in [0.4, 0.5) is 11.4 Å². The zero-order valence-corrected chi connectivity index (χ0v) is 18.8. The van der Waals surface area contributed by atoms with Gasteiger partial charge in [0.15, 0.2) is 11.5 Å². The Kier molecular flexibility index (Phi) is 6.21. The Bertz CT molecular complexity index is 1070. The highest BCUT2D eigenvalue weighted by Crippen LogP contribution is 2.42. The number of hydrogen-bond donors (Lipinski definition) is 1. The summed E-state index contributed by atoms with van der Waals surface area (Å²) in [5.74, 6) is 1.27. The molecule has 0 fully saturated rings. The molecule has 0 unspecified atom stereocenters. The number of para-hydroxylation sites is 2. The van der Waals surface area contributed by atoms with Gasteiger partial charge in [0, 0.05) is 23.0 Å². The third kappa shape index (κ3) is 3.96. The lowest BCUT2D eigenvalue weighted by atomic mass is 9.90. The molecule has 166 valence electrons. The molecule has 1 aliphatic rings. The molecule has 1 aliphatic heterocycles. The predicted octanol–water partition coefficient (Wildman–Crippen LogP) is 5.30. The number of amides is 1. The minimum absolute atomic E-state index is 0.0160. The molecular formula is C26H28N2O4. The molecule has 6 nitrogen and oxygen atoms in total. The number of nitrogens with zero attached hydrogens (tertiary/aromatic N) is 1. The number of benzene rings is 3. The monoisotopic (exact) mass is 432 g/mol. The Morgan fingerprint density at radius 2 is 1.53 bits per heavy atom. The lowest BCUT2D eigenvalue weighted by Gasteiger charge is -2.40. The van der Waals surface area contributed by atoms with Crippen molar-refractivity contribution in [2.75, 3.05) is 31.5 Å². The Hall–Kier alpha value is -3.67. The maximum absolute atomic E-state index is 13.7. The van der Waals surface area contributed by atoms with Crippen LogP contribution >= 0.6 is 0 Å². The van der Waals surface area contributed by atoms with Crippen LogP contribution in [0.3, 0.4) is 0 Å². The average molecular weight is 433 g/mol. The van der Waals surface area contributed by atoms with E-state index >= 15 is 0 Å². The maximum atomic E-state index is 13.7. The van der Waals surface area contributed by atoms with E-state index < -0.39 is 0 Å². The van der Waals surface area contributed by atoms with Gasteiger partial charge in [-0.05, 0) is 49.2 Å². The molecule has 0 radical (unpaired) electrons. The van der Waals surface area contributed by atoms with Gasteiger partial charge in [0.2, 0.25) is 5.75 Å². The Morgan fingerprint density at radius 1 is 0.906 bits per heavy atom. The van der Waals surface area contributed by atoms with Gasteiger partial charge in [-0.3, -0.25) is 4.79 Å². The van der Waals surface area contributed by atoms with Crippen molar-refractivity contribution in [1.82, 2.24) is 0 Å². The summed E-state index contributed by atoms with van der Waals surface area (Å²) in [6.07, 6.45) is 0.780. The van der Waals surface area contributed by atoms with Crippen LogP contribution in [0.2, 0.25) is 0 Å². The lowest BCUT2D eigenvalue weighted by Crippen LogP contribution is -2.44. The van der Waals surface area contributed by atoms with Crippen LogP contribution in [0.5, 0.6) is 17.2 Å². The Labute approximate surface area is 188 Å². The third-order valence-corrected chi connectivity index (χ3v) is 5.83. The highest BCUT2D eigenvalue weighted by atomic mass is 16.5. The molecule has 2 atom stereocenters. The molecule has 0 saturated heterocycles. The predicted molar refractivity (Wildman–Crippen MR) is 126 cm³/mol. The number of anilines is 2. The topological polar surface area (TPSA) is 60.0 Å². The highest BCUT2D eigenvalue weighted by molar-refractivity contribution is 6.08.